The normalized spacial score (nSPS) is 9.67. The molecule has 0 amide bonds. The first kappa shape index (κ1) is 53.8. The standard InChI is InChI=1S/C28H28O3.C23H18O.2CO2.CH4.S4/c1-21-8-9-24-18-25(11-10-23(24)16-21)26-12-13-28(31-20-30-15-14-29-2)27(19-26)17-22-6-4-3-5-7-22;24-23-13-12-21(16-22(23)14-17-6-2-1-3-7-17)20-11-10-18-8-4-5-9-19(18)15-20;2*2-1-3;;1-3-4-2/h3-13,16,18-19H,14-15,17,20H2,1-2H3;1-13,15-16,24H,14H2;;;1H4;. The average molecular weight is 955 g/mol. The number of carbonyl (C=O) groups excluding carboxylic acids is 4. The summed E-state index contributed by atoms with van der Waals surface area (Å²) in [4.78, 5) is 32.5. The lowest BCUT2D eigenvalue weighted by Gasteiger charge is -2.14. The van der Waals surface area contributed by atoms with Crippen LogP contribution in [0.5, 0.6) is 11.5 Å². The molecule has 0 aliphatic rings. The quantitative estimate of drug-likeness (QED) is 0.0937. The van der Waals surface area contributed by atoms with E-state index in [2.05, 4.69) is 163 Å². The molecule has 0 aliphatic heterocycles. The summed E-state index contributed by atoms with van der Waals surface area (Å²) in [7, 11) is 4.00. The number of aromatic hydroxyl groups is 1. The Hall–Kier alpha value is -6.56. The van der Waals surface area contributed by atoms with Crippen LogP contribution in [0.3, 0.4) is 0 Å². The minimum absolute atomic E-state index is 0. The highest BCUT2D eigenvalue weighted by molar-refractivity contribution is 8.51. The van der Waals surface area contributed by atoms with E-state index in [9.17, 15) is 5.11 Å². The summed E-state index contributed by atoms with van der Waals surface area (Å²) in [5.41, 5.74) is 10.5. The van der Waals surface area contributed by atoms with E-state index in [0.29, 0.717) is 19.0 Å². The van der Waals surface area contributed by atoms with Crippen molar-refractivity contribution in [2.24, 2.45) is 0 Å². The number of methoxy groups -OCH3 is 1. The van der Waals surface area contributed by atoms with Gasteiger partial charge in [0.1, 0.15) is 11.5 Å². The van der Waals surface area contributed by atoms with Gasteiger partial charge in [0.25, 0.3) is 0 Å². The predicted octanol–water partition coefficient (Wildman–Crippen LogP) is 11.7. The molecule has 8 nitrogen and oxygen atoms in total. The summed E-state index contributed by atoms with van der Waals surface area (Å²) in [5, 5.41) is 15.2. The summed E-state index contributed by atoms with van der Waals surface area (Å²) in [6.45, 7) is 3.40. The third-order valence-corrected chi connectivity index (χ3v) is 12.0. The number of ether oxygens (including phenoxy) is 3. The fourth-order valence-electron chi connectivity index (χ4n) is 6.80. The molecule has 0 radical (unpaired) electrons. The molecular weight excluding hydrogens is 905 g/mol. The maximum Gasteiger partial charge on any atom is 0.373 e. The van der Waals surface area contributed by atoms with Gasteiger partial charge < -0.3 is 19.3 Å². The van der Waals surface area contributed by atoms with Crippen molar-refractivity contribution in [1.82, 2.24) is 0 Å². The van der Waals surface area contributed by atoms with Crippen molar-refractivity contribution in [1.29, 1.82) is 0 Å². The molecular formula is C54H50O8S4. The third kappa shape index (κ3) is 17.8. The zero-order chi connectivity index (χ0) is 46.7. The fourth-order valence-corrected chi connectivity index (χ4v) is 6.80. The van der Waals surface area contributed by atoms with Crippen LogP contribution in [-0.4, -0.2) is 44.5 Å². The molecule has 0 aromatic heterocycles. The van der Waals surface area contributed by atoms with Crippen molar-refractivity contribution >= 4 is 74.0 Å². The van der Waals surface area contributed by atoms with Gasteiger partial charge >= 0.3 is 12.3 Å². The number of hydrogen-bond acceptors (Lipinski definition) is 10. The number of phenols is 1. The van der Waals surface area contributed by atoms with Crippen LogP contribution in [-0.2, 0) is 81.6 Å². The first-order valence-corrected chi connectivity index (χ1v) is 24.1. The molecule has 0 heterocycles. The molecule has 8 aromatic carbocycles. The van der Waals surface area contributed by atoms with E-state index in [1.165, 1.54) is 72.7 Å². The van der Waals surface area contributed by atoms with Gasteiger partial charge in [-0.15, -0.1) is 0 Å². The average Bonchev–Trinajstić information content (AvgIpc) is 3.33. The van der Waals surface area contributed by atoms with Gasteiger partial charge in [-0.05, 0) is 109 Å². The highest BCUT2D eigenvalue weighted by atomic mass is 33.2. The molecule has 0 aliphatic carbocycles. The minimum Gasteiger partial charge on any atom is -0.508 e. The van der Waals surface area contributed by atoms with E-state index in [1.807, 2.05) is 36.4 Å². The molecule has 338 valence electrons. The van der Waals surface area contributed by atoms with E-state index in [-0.39, 0.29) is 26.5 Å². The van der Waals surface area contributed by atoms with Crippen molar-refractivity contribution < 1.29 is 38.5 Å². The molecule has 0 bridgehead atoms. The van der Waals surface area contributed by atoms with Gasteiger partial charge in [0, 0.05) is 60.1 Å². The molecule has 0 unspecified atom stereocenters. The van der Waals surface area contributed by atoms with Crippen LogP contribution in [0.2, 0.25) is 0 Å². The number of hydrogen-bond donors (Lipinski definition) is 1. The molecule has 0 atom stereocenters. The maximum absolute atomic E-state index is 10.2. The highest BCUT2D eigenvalue weighted by Crippen LogP contribution is 2.32. The van der Waals surface area contributed by atoms with Crippen molar-refractivity contribution in [3.8, 4) is 33.8 Å². The Morgan fingerprint density at radius 2 is 0.955 bits per heavy atom. The summed E-state index contributed by atoms with van der Waals surface area (Å²) >= 11 is 8.66. The summed E-state index contributed by atoms with van der Waals surface area (Å²) in [6, 6.07) is 61.0. The topological polar surface area (TPSA) is 116 Å². The van der Waals surface area contributed by atoms with E-state index >= 15 is 0 Å². The summed E-state index contributed by atoms with van der Waals surface area (Å²) in [6.07, 6.45) is 2.03. The summed E-state index contributed by atoms with van der Waals surface area (Å²) in [5.74, 6) is 1.20. The van der Waals surface area contributed by atoms with Crippen molar-refractivity contribution in [2.45, 2.75) is 27.2 Å². The zero-order valence-corrected chi connectivity index (χ0v) is 39.0. The lowest BCUT2D eigenvalue weighted by atomic mass is 9.96. The van der Waals surface area contributed by atoms with E-state index in [4.69, 9.17) is 33.4 Å². The molecule has 0 spiro atoms. The van der Waals surface area contributed by atoms with Crippen LogP contribution in [0.15, 0.2) is 176 Å². The summed E-state index contributed by atoms with van der Waals surface area (Å²) < 4.78 is 16.5. The third-order valence-electron chi connectivity index (χ3n) is 9.78. The van der Waals surface area contributed by atoms with Crippen LogP contribution in [0.1, 0.15) is 35.2 Å². The Balaban J connectivity index is 0.000000293. The van der Waals surface area contributed by atoms with Gasteiger partial charge in [0.2, 0.25) is 0 Å². The minimum atomic E-state index is 0. The van der Waals surface area contributed by atoms with Crippen LogP contribution in [0.25, 0.3) is 43.8 Å². The van der Waals surface area contributed by atoms with Gasteiger partial charge in [-0.2, -0.15) is 19.2 Å². The Morgan fingerprint density at radius 1 is 0.515 bits per heavy atom. The smallest absolute Gasteiger partial charge is 0.373 e. The van der Waals surface area contributed by atoms with Gasteiger partial charge in [-0.25, -0.2) is 0 Å². The number of benzene rings is 8. The Bertz CT molecular complexity index is 2860. The van der Waals surface area contributed by atoms with Crippen LogP contribution < -0.4 is 4.74 Å². The van der Waals surface area contributed by atoms with E-state index in [1.54, 1.807) is 13.2 Å². The fraction of sp³-hybridized carbons (Fsp3) is 0.148. The second kappa shape index (κ2) is 30.6. The van der Waals surface area contributed by atoms with Gasteiger partial charge in [-0.1, -0.05) is 153 Å². The largest absolute Gasteiger partial charge is 0.508 e. The van der Waals surface area contributed by atoms with Crippen molar-refractivity contribution in [3.05, 3.63) is 204 Å². The number of fused-ring (bicyclic) bond motifs is 2. The first-order chi connectivity index (χ1) is 31.8. The molecule has 66 heavy (non-hydrogen) atoms. The van der Waals surface area contributed by atoms with Gasteiger partial charge in [-0.3, -0.25) is 0 Å². The van der Waals surface area contributed by atoms with Gasteiger partial charge in [0.15, 0.2) is 6.79 Å². The number of phenolic OH excluding ortho intramolecular Hbond substituents is 1. The first-order valence-electron chi connectivity index (χ1n) is 20.1. The number of rotatable bonds is 12. The van der Waals surface area contributed by atoms with Gasteiger partial charge in [0.05, 0.1) is 13.2 Å². The highest BCUT2D eigenvalue weighted by Gasteiger charge is 2.10. The SMILES string of the molecule is C.COCCOCOc1ccc(-c2ccc3cc(C)ccc3c2)cc1Cc1ccccc1.O=C=O.O=C=O.Oc1ccc(-c2ccc3ccccc3c2)cc1Cc1ccccc1.S=S=S=S. The molecule has 12 heteroatoms. The predicted molar refractivity (Wildman–Crippen MR) is 273 cm³/mol. The Labute approximate surface area is 401 Å². The monoisotopic (exact) mass is 954 g/mol. The zero-order valence-electron chi connectivity index (χ0n) is 35.7. The lowest BCUT2D eigenvalue weighted by Crippen LogP contribution is -2.09. The van der Waals surface area contributed by atoms with Crippen LogP contribution in [0, 0.1) is 6.92 Å². The van der Waals surface area contributed by atoms with E-state index in [0.717, 1.165) is 35.3 Å². The number of aryl methyl sites for hydroxylation is 1. The molecule has 8 rings (SSSR count). The second-order valence-electron chi connectivity index (χ2n) is 14.1. The van der Waals surface area contributed by atoms with Crippen molar-refractivity contribution in [3.63, 3.8) is 0 Å². The van der Waals surface area contributed by atoms with E-state index < -0.39 is 0 Å². The van der Waals surface area contributed by atoms with Crippen LogP contribution in [0.4, 0.5) is 0 Å². The second-order valence-corrected chi connectivity index (χ2v) is 17.6. The van der Waals surface area contributed by atoms with Crippen LogP contribution >= 0.6 is 0 Å². The molecule has 1 N–H and O–H groups in total. The maximum atomic E-state index is 10.2. The van der Waals surface area contributed by atoms with Crippen molar-refractivity contribution in [2.75, 3.05) is 27.1 Å². The lowest BCUT2D eigenvalue weighted by molar-refractivity contribution is -0.193. The molecule has 0 saturated carbocycles. The molecule has 0 fully saturated rings. The Kier molecular flexibility index (Phi) is 24.9. The Morgan fingerprint density at radius 3 is 1.53 bits per heavy atom. The molecule has 8 aromatic rings. The molecule has 0 saturated heterocycles.